The van der Waals surface area contributed by atoms with Crippen LogP contribution >= 0.6 is 0 Å². The Balaban J connectivity index is 1.78. The summed E-state index contributed by atoms with van der Waals surface area (Å²) in [5.41, 5.74) is 2.55. The molecule has 1 amide bonds. The van der Waals surface area contributed by atoms with Crippen LogP contribution in [0.2, 0.25) is 0 Å². The van der Waals surface area contributed by atoms with Gasteiger partial charge < -0.3 is 14.1 Å². The normalized spacial score (nSPS) is 11.8. The zero-order valence-corrected chi connectivity index (χ0v) is 18.6. The second-order valence-electron chi connectivity index (χ2n) is 7.70. The molecule has 0 N–H and O–H groups in total. The molecule has 0 spiro atoms. The van der Waals surface area contributed by atoms with Gasteiger partial charge >= 0.3 is 0 Å². The average molecular weight is 430 g/mol. The number of hydrogen-bond acceptors (Lipinski definition) is 4. The quantitative estimate of drug-likeness (QED) is 0.344. The number of aromatic nitrogens is 2. The summed E-state index contributed by atoms with van der Waals surface area (Å²) in [7, 11) is 0. The minimum absolute atomic E-state index is 0.0108. The van der Waals surface area contributed by atoms with Crippen LogP contribution in [-0.4, -0.2) is 26.6 Å². The molecule has 0 fully saturated rings. The second-order valence-corrected chi connectivity index (χ2v) is 7.70. The number of rotatable bonds is 8. The average Bonchev–Trinajstić information content (AvgIpc) is 3.47. The lowest BCUT2D eigenvalue weighted by molar-refractivity contribution is 0.0637. The molecule has 32 heavy (non-hydrogen) atoms. The van der Waals surface area contributed by atoms with Crippen molar-refractivity contribution in [3.63, 3.8) is 0 Å². The second kappa shape index (κ2) is 9.56. The first-order chi connectivity index (χ1) is 15.6. The molecule has 1 atom stereocenters. The standard InChI is InChI=1S/C26H27N3O3/c1-4-19(2)28(25(30)24-16-11-17-31-24)18-23-20(3)27-29(21-12-7-5-8-13-21)26(23)32-22-14-9-6-10-15-22/h5-17,19H,4,18H2,1-3H3/t19-/m0/s1. The van der Waals surface area contributed by atoms with Crippen LogP contribution in [0.3, 0.4) is 0 Å². The summed E-state index contributed by atoms with van der Waals surface area (Å²) in [6, 6.07) is 22.9. The van der Waals surface area contributed by atoms with Gasteiger partial charge in [-0.05, 0) is 56.7 Å². The van der Waals surface area contributed by atoms with Crippen molar-refractivity contribution in [2.75, 3.05) is 0 Å². The van der Waals surface area contributed by atoms with Crippen LogP contribution in [-0.2, 0) is 6.54 Å². The van der Waals surface area contributed by atoms with Crippen LogP contribution < -0.4 is 4.74 Å². The van der Waals surface area contributed by atoms with E-state index in [-0.39, 0.29) is 11.9 Å². The molecule has 6 nitrogen and oxygen atoms in total. The van der Waals surface area contributed by atoms with Crippen molar-refractivity contribution < 1.29 is 13.9 Å². The molecular formula is C26H27N3O3. The zero-order valence-electron chi connectivity index (χ0n) is 18.6. The molecule has 0 aliphatic carbocycles. The third-order valence-electron chi connectivity index (χ3n) is 5.54. The Morgan fingerprint density at radius 2 is 1.75 bits per heavy atom. The number of benzene rings is 2. The largest absolute Gasteiger partial charge is 0.459 e. The van der Waals surface area contributed by atoms with E-state index in [0.29, 0.717) is 23.9 Å². The number of hydrogen-bond donors (Lipinski definition) is 0. The zero-order chi connectivity index (χ0) is 22.5. The lowest BCUT2D eigenvalue weighted by Gasteiger charge is -2.28. The van der Waals surface area contributed by atoms with Crippen LogP contribution in [0.15, 0.2) is 83.5 Å². The monoisotopic (exact) mass is 429 g/mol. The van der Waals surface area contributed by atoms with Gasteiger partial charge in [-0.1, -0.05) is 43.3 Å². The highest BCUT2D eigenvalue weighted by atomic mass is 16.5. The molecule has 164 valence electrons. The first-order valence-corrected chi connectivity index (χ1v) is 10.8. The van der Waals surface area contributed by atoms with E-state index in [1.807, 2.05) is 79.4 Å². The summed E-state index contributed by atoms with van der Waals surface area (Å²) < 4.78 is 13.5. The maximum atomic E-state index is 13.2. The minimum Gasteiger partial charge on any atom is -0.459 e. The van der Waals surface area contributed by atoms with E-state index in [2.05, 4.69) is 6.92 Å². The fourth-order valence-corrected chi connectivity index (χ4v) is 3.53. The van der Waals surface area contributed by atoms with Gasteiger partial charge in [-0.25, -0.2) is 4.68 Å². The summed E-state index contributed by atoms with van der Waals surface area (Å²) in [5.74, 6) is 1.48. The highest BCUT2D eigenvalue weighted by Crippen LogP contribution is 2.32. The Morgan fingerprint density at radius 3 is 2.38 bits per heavy atom. The topological polar surface area (TPSA) is 60.5 Å². The van der Waals surface area contributed by atoms with E-state index in [9.17, 15) is 4.79 Å². The molecule has 4 aromatic rings. The van der Waals surface area contributed by atoms with Gasteiger partial charge in [-0.2, -0.15) is 5.10 Å². The van der Waals surface area contributed by atoms with Crippen molar-refractivity contribution in [1.82, 2.24) is 14.7 Å². The molecule has 0 saturated heterocycles. The maximum Gasteiger partial charge on any atom is 0.290 e. The van der Waals surface area contributed by atoms with Crippen molar-refractivity contribution in [3.8, 4) is 17.3 Å². The van der Waals surface area contributed by atoms with Gasteiger partial charge in [0.05, 0.1) is 29.8 Å². The Morgan fingerprint density at radius 1 is 1.06 bits per heavy atom. The smallest absolute Gasteiger partial charge is 0.290 e. The molecule has 4 rings (SSSR count). The number of para-hydroxylation sites is 2. The Hall–Kier alpha value is -3.80. The van der Waals surface area contributed by atoms with Crippen molar-refractivity contribution in [2.24, 2.45) is 0 Å². The van der Waals surface area contributed by atoms with E-state index in [1.54, 1.807) is 16.8 Å². The van der Waals surface area contributed by atoms with Gasteiger partial charge in [0.2, 0.25) is 5.88 Å². The van der Waals surface area contributed by atoms with Crippen molar-refractivity contribution >= 4 is 5.91 Å². The van der Waals surface area contributed by atoms with Crippen LogP contribution in [0.4, 0.5) is 0 Å². The third-order valence-corrected chi connectivity index (χ3v) is 5.54. The molecule has 0 saturated carbocycles. The molecule has 0 unspecified atom stereocenters. The fourth-order valence-electron chi connectivity index (χ4n) is 3.53. The summed E-state index contributed by atoms with van der Waals surface area (Å²) in [4.78, 5) is 15.0. The van der Waals surface area contributed by atoms with Crippen molar-refractivity contribution in [3.05, 3.63) is 96.1 Å². The number of nitrogens with zero attached hydrogens (tertiary/aromatic N) is 3. The SMILES string of the molecule is CC[C@H](C)N(Cc1c(C)nn(-c2ccccc2)c1Oc1ccccc1)C(=O)c1ccco1. The Labute approximate surface area is 188 Å². The predicted molar refractivity (Wildman–Crippen MR) is 123 cm³/mol. The number of ether oxygens (including phenoxy) is 1. The lowest BCUT2D eigenvalue weighted by Crippen LogP contribution is -2.37. The van der Waals surface area contributed by atoms with Crippen LogP contribution in [0.5, 0.6) is 11.6 Å². The number of aryl methyl sites for hydroxylation is 1. The molecule has 2 aromatic carbocycles. The lowest BCUT2D eigenvalue weighted by atomic mass is 10.1. The first kappa shape index (κ1) is 21.4. The molecule has 2 aromatic heterocycles. The summed E-state index contributed by atoms with van der Waals surface area (Å²) >= 11 is 0. The number of furan rings is 1. The molecule has 2 heterocycles. The molecule has 0 aliphatic heterocycles. The number of carbonyl (C=O) groups is 1. The number of carbonyl (C=O) groups excluding carboxylic acids is 1. The number of amides is 1. The molecule has 0 radical (unpaired) electrons. The fraction of sp³-hybridized carbons (Fsp3) is 0.231. The molecule has 0 aliphatic rings. The van der Waals surface area contributed by atoms with E-state index < -0.39 is 0 Å². The summed E-state index contributed by atoms with van der Waals surface area (Å²) in [6.45, 7) is 6.40. The summed E-state index contributed by atoms with van der Waals surface area (Å²) in [5, 5.41) is 4.77. The Kier molecular flexibility index (Phi) is 6.40. The molecule has 0 bridgehead atoms. The van der Waals surface area contributed by atoms with Crippen LogP contribution in [0, 0.1) is 6.92 Å². The van der Waals surface area contributed by atoms with E-state index in [0.717, 1.165) is 23.4 Å². The third kappa shape index (κ3) is 4.44. The van der Waals surface area contributed by atoms with Crippen molar-refractivity contribution in [1.29, 1.82) is 0 Å². The van der Waals surface area contributed by atoms with Crippen molar-refractivity contribution in [2.45, 2.75) is 39.8 Å². The van der Waals surface area contributed by atoms with E-state index in [4.69, 9.17) is 14.3 Å². The van der Waals surface area contributed by atoms with Crippen LogP contribution in [0.25, 0.3) is 5.69 Å². The molecular weight excluding hydrogens is 402 g/mol. The van der Waals surface area contributed by atoms with Gasteiger partial charge in [-0.15, -0.1) is 0 Å². The minimum atomic E-state index is -0.151. The van der Waals surface area contributed by atoms with Gasteiger partial charge in [0.1, 0.15) is 5.75 Å². The van der Waals surface area contributed by atoms with Gasteiger partial charge in [0, 0.05) is 6.04 Å². The maximum absolute atomic E-state index is 13.2. The highest BCUT2D eigenvalue weighted by Gasteiger charge is 2.27. The molecule has 6 heteroatoms. The van der Waals surface area contributed by atoms with Gasteiger partial charge in [0.15, 0.2) is 5.76 Å². The highest BCUT2D eigenvalue weighted by molar-refractivity contribution is 5.91. The van der Waals surface area contributed by atoms with Crippen LogP contribution in [0.1, 0.15) is 42.1 Å². The first-order valence-electron chi connectivity index (χ1n) is 10.8. The van der Waals surface area contributed by atoms with E-state index >= 15 is 0 Å². The van der Waals surface area contributed by atoms with Gasteiger partial charge in [-0.3, -0.25) is 4.79 Å². The Bertz CT molecular complexity index is 1150. The van der Waals surface area contributed by atoms with E-state index in [1.165, 1.54) is 6.26 Å². The predicted octanol–water partition coefficient (Wildman–Crippen LogP) is 6.01. The van der Waals surface area contributed by atoms with Gasteiger partial charge in [0.25, 0.3) is 5.91 Å². The summed E-state index contributed by atoms with van der Waals surface area (Å²) in [6.07, 6.45) is 2.33.